The van der Waals surface area contributed by atoms with Gasteiger partial charge in [-0.05, 0) is 69.5 Å². The lowest BCUT2D eigenvalue weighted by molar-refractivity contribution is -0.00336. The summed E-state index contributed by atoms with van der Waals surface area (Å²) in [5.74, 6) is 0. The Balaban J connectivity index is 1.72. The number of fused-ring (bicyclic) bond motifs is 6. The molecule has 8 nitrogen and oxygen atoms in total. The summed E-state index contributed by atoms with van der Waals surface area (Å²) in [6, 6.07) is 20.4. The Morgan fingerprint density at radius 3 is 1.41 bits per heavy atom. The molecular formula is C27H18N2O6S2. The van der Waals surface area contributed by atoms with E-state index in [2.05, 4.69) is 4.79 Å². The van der Waals surface area contributed by atoms with E-state index in [1.165, 1.54) is 12.1 Å². The molecule has 0 amide bonds. The van der Waals surface area contributed by atoms with Crippen LogP contribution in [0.4, 0.5) is 0 Å². The molecule has 0 spiro atoms. The fraction of sp³-hybridized carbons (Fsp3) is 0.0741. The minimum atomic E-state index is -4.83. The van der Waals surface area contributed by atoms with E-state index in [0.717, 1.165) is 22.3 Å². The fourth-order valence-electron chi connectivity index (χ4n) is 5.55. The molecule has 0 atom stereocenters. The van der Waals surface area contributed by atoms with Gasteiger partial charge in [-0.1, -0.05) is 60.7 Å². The highest BCUT2D eigenvalue weighted by Gasteiger charge is 2.39. The second kappa shape index (κ2) is 8.04. The highest BCUT2D eigenvalue weighted by molar-refractivity contribution is 7.86. The van der Waals surface area contributed by atoms with Crippen molar-refractivity contribution in [3.05, 3.63) is 112 Å². The van der Waals surface area contributed by atoms with E-state index in [9.17, 15) is 31.5 Å². The molecule has 37 heavy (non-hydrogen) atoms. The molecule has 2 aliphatic carbocycles. The zero-order chi connectivity index (χ0) is 26.1. The Morgan fingerprint density at radius 2 is 1.03 bits per heavy atom. The SMILES string of the molecule is [N-]=[N+]=C(c1c(S(=O)(=O)O)ccc2c1Cc1ccccc1-2)c1c(S(=O)(=O)O)ccc2c1Cc1ccccc1-2. The van der Waals surface area contributed by atoms with Gasteiger partial charge in [-0.2, -0.15) is 21.6 Å². The lowest BCUT2D eigenvalue weighted by atomic mass is 9.90. The maximum absolute atomic E-state index is 12.5. The molecular weight excluding hydrogens is 512 g/mol. The van der Waals surface area contributed by atoms with Crippen LogP contribution in [0.1, 0.15) is 33.4 Å². The summed E-state index contributed by atoms with van der Waals surface area (Å²) in [7, 11) is -9.65. The Kier molecular flexibility index (Phi) is 5.10. The van der Waals surface area contributed by atoms with Crippen molar-refractivity contribution in [2.45, 2.75) is 22.6 Å². The molecule has 0 bridgehead atoms. The topological polar surface area (TPSA) is 145 Å². The van der Waals surface area contributed by atoms with Gasteiger partial charge in [0.2, 0.25) is 0 Å². The normalized spacial score (nSPS) is 13.4. The van der Waals surface area contributed by atoms with Gasteiger partial charge in [0.15, 0.2) is 0 Å². The largest absolute Gasteiger partial charge is 0.361 e. The monoisotopic (exact) mass is 530 g/mol. The molecule has 0 radical (unpaired) electrons. The van der Waals surface area contributed by atoms with Crippen molar-refractivity contribution in [3.63, 3.8) is 0 Å². The zero-order valence-corrected chi connectivity index (χ0v) is 20.7. The summed E-state index contributed by atoms with van der Waals surface area (Å²) in [4.78, 5) is 2.37. The van der Waals surface area contributed by atoms with Crippen LogP contribution in [0.15, 0.2) is 82.6 Å². The molecule has 0 heterocycles. The lowest BCUT2D eigenvalue weighted by Gasteiger charge is -2.14. The van der Waals surface area contributed by atoms with Crippen LogP contribution in [0, 0.1) is 0 Å². The van der Waals surface area contributed by atoms with Crippen LogP contribution in [0.3, 0.4) is 0 Å². The molecule has 0 fully saturated rings. The van der Waals surface area contributed by atoms with Crippen LogP contribution in [0.2, 0.25) is 0 Å². The van der Waals surface area contributed by atoms with Gasteiger partial charge in [-0.25, -0.2) is 0 Å². The van der Waals surface area contributed by atoms with Crippen molar-refractivity contribution in [1.29, 1.82) is 0 Å². The summed E-state index contributed by atoms with van der Waals surface area (Å²) in [5.41, 5.74) is 15.5. The second-order valence-corrected chi connectivity index (χ2v) is 11.8. The third-order valence-electron chi connectivity index (χ3n) is 7.03. The first-order valence-electron chi connectivity index (χ1n) is 11.3. The maximum atomic E-state index is 12.5. The standard InChI is InChI=1S/C27H18N2O6S2/c28-29-27(25-21-13-15-5-1-3-7-17(15)19(21)9-11-23(25)36(30,31)32)26-22-14-16-6-2-4-8-18(16)20(22)10-12-24(26)37(33,34)35/h1-12H,13-14H2,(H,30,31,32)(H,33,34,35). The van der Waals surface area contributed by atoms with Gasteiger partial charge in [-0.3, -0.25) is 9.11 Å². The van der Waals surface area contributed by atoms with Crippen molar-refractivity contribution in [3.8, 4) is 22.3 Å². The van der Waals surface area contributed by atoms with Crippen molar-refractivity contribution in [1.82, 2.24) is 0 Å². The van der Waals surface area contributed by atoms with E-state index < -0.39 is 30.0 Å². The number of nitrogens with zero attached hydrogens (tertiary/aromatic N) is 2. The van der Waals surface area contributed by atoms with Gasteiger partial charge < -0.3 is 5.53 Å². The summed E-state index contributed by atoms with van der Waals surface area (Å²) >= 11 is 0. The second-order valence-electron chi connectivity index (χ2n) is 9.00. The van der Waals surface area contributed by atoms with E-state index in [0.29, 0.717) is 22.3 Å². The smallest absolute Gasteiger partial charge is 0.333 e. The van der Waals surface area contributed by atoms with E-state index in [1.807, 2.05) is 48.5 Å². The molecule has 6 rings (SSSR count). The van der Waals surface area contributed by atoms with E-state index in [4.69, 9.17) is 0 Å². The molecule has 10 heteroatoms. The minimum absolute atomic E-state index is 0.118. The number of benzene rings is 4. The Morgan fingerprint density at radius 1 is 0.622 bits per heavy atom. The van der Waals surface area contributed by atoms with Gasteiger partial charge in [-0.15, -0.1) is 0 Å². The van der Waals surface area contributed by atoms with Gasteiger partial charge in [0, 0.05) is 0 Å². The van der Waals surface area contributed by atoms with Crippen molar-refractivity contribution < 1.29 is 30.7 Å². The van der Waals surface area contributed by atoms with Crippen molar-refractivity contribution in [2.24, 2.45) is 0 Å². The Hall–Kier alpha value is -3.92. The average Bonchev–Trinajstić information content (AvgIpc) is 3.42. The van der Waals surface area contributed by atoms with Gasteiger partial charge in [0.05, 0.1) is 11.1 Å². The first kappa shape index (κ1) is 23.5. The van der Waals surface area contributed by atoms with Gasteiger partial charge in [0.1, 0.15) is 9.79 Å². The Bertz CT molecular complexity index is 1800. The van der Waals surface area contributed by atoms with Crippen LogP contribution in [0.25, 0.3) is 27.8 Å². The van der Waals surface area contributed by atoms with E-state index >= 15 is 0 Å². The average molecular weight is 531 g/mol. The van der Waals surface area contributed by atoms with Crippen LogP contribution in [-0.4, -0.2) is 36.4 Å². The molecule has 4 aromatic rings. The first-order valence-corrected chi connectivity index (χ1v) is 14.1. The van der Waals surface area contributed by atoms with E-state index in [1.54, 1.807) is 12.1 Å². The molecule has 2 aliphatic rings. The quantitative estimate of drug-likeness (QED) is 0.150. The molecule has 0 unspecified atom stereocenters. The van der Waals surface area contributed by atoms with Gasteiger partial charge >= 0.3 is 5.71 Å². The molecule has 0 aliphatic heterocycles. The van der Waals surface area contributed by atoms with Crippen LogP contribution >= 0.6 is 0 Å². The molecule has 0 aromatic heterocycles. The highest BCUT2D eigenvalue weighted by atomic mass is 32.2. The van der Waals surface area contributed by atoms with Crippen molar-refractivity contribution >= 4 is 25.9 Å². The number of hydrogen-bond donors (Lipinski definition) is 2. The fourth-order valence-corrected chi connectivity index (χ4v) is 6.99. The highest BCUT2D eigenvalue weighted by Crippen LogP contribution is 2.44. The summed E-state index contributed by atoms with van der Waals surface area (Å²) in [5, 5.41) is 0. The zero-order valence-electron chi connectivity index (χ0n) is 19.1. The molecule has 184 valence electrons. The van der Waals surface area contributed by atoms with E-state index in [-0.39, 0.29) is 29.7 Å². The Labute approximate surface area is 213 Å². The predicted octanol–water partition coefficient (Wildman–Crippen LogP) is 4.39. The molecule has 0 saturated carbocycles. The summed E-state index contributed by atoms with van der Waals surface area (Å²) in [6.07, 6.45) is 0.527. The number of hydrogen-bond acceptors (Lipinski definition) is 4. The lowest BCUT2D eigenvalue weighted by Crippen LogP contribution is -2.19. The first-order chi connectivity index (χ1) is 17.6. The molecule has 0 saturated heterocycles. The van der Waals surface area contributed by atoms with Gasteiger partial charge in [0.25, 0.3) is 20.2 Å². The minimum Gasteiger partial charge on any atom is -0.361 e. The van der Waals surface area contributed by atoms with Crippen LogP contribution in [-0.2, 0) is 33.1 Å². The van der Waals surface area contributed by atoms with Crippen LogP contribution < -0.4 is 0 Å². The molecule has 4 aromatic carbocycles. The van der Waals surface area contributed by atoms with Crippen LogP contribution in [0.5, 0.6) is 0 Å². The predicted molar refractivity (Wildman–Crippen MR) is 136 cm³/mol. The molecule has 2 N–H and O–H groups in total. The third-order valence-corrected chi connectivity index (χ3v) is 8.82. The summed E-state index contributed by atoms with van der Waals surface area (Å²) < 4.78 is 70.4. The van der Waals surface area contributed by atoms with Crippen molar-refractivity contribution in [2.75, 3.05) is 0 Å². The summed E-state index contributed by atoms with van der Waals surface area (Å²) in [6.45, 7) is 0. The number of rotatable bonds is 4. The maximum Gasteiger partial charge on any atom is 0.333 e. The third kappa shape index (κ3) is 3.58.